The van der Waals surface area contributed by atoms with Gasteiger partial charge in [0, 0.05) is 56.7 Å². The molecule has 0 amide bonds. The van der Waals surface area contributed by atoms with Crippen molar-refractivity contribution in [2.45, 2.75) is 19.1 Å². The molecule has 3 heterocycles. The van der Waals surface area contributed by atoms with E-state index in [-0.39, 0.29) is 6.10 Å². The fraction of sp³-hybridized carbons (Fsp3) is 0.500. The largest absolute Gasteiger partial charge is 0.378 e. The van der Waals surface area contributed by atoms with Gasteiger partial charge in [0.15, 0.2) is 0 Å². The second-order valence-electron chi connectivity index (χ2n) is 6.87. The fourth-order valence-corrected chi connectivity index (χ4v) is 3.62. The maximum atomic E-state index is 5.96. The number of benzene rings is 1. The number of anilines is 1. The topological polar surface area (TPSA) is 59.5 Å². The molecule has 0 radical (unpaired) electrons. The van der Waals surface area contributed by atoms with Gasteiger partial charge < -0.3 is 19.7 Å². The predicted octanol–water partition coefficient (Wildman–Crippen LogP) is 2.18. The van der Waals surface area contributed by atoms with Crippen molar-refractivity contribution >= 4 is 5.95 Å². The molecular formula is C20H26N4O2. The van der Waals surface area contributed by atoms with E-state index in [1.54, 1.807) is 0 Å². The molecule has 0 spiro atoms. The van der Waals surface area contributed by atoms with Gasteiger partial charge in [0.25, 0.3) is 0 Å². The average Bonchev–Trinajstić information content (AvgIpc) is 3.18. The molecule has 0 aliphatic carbocycles. The maximum absolute atomic E-state index is 5.96. The quantitative estimate of drug-likeness (QED) is 0.858. The lowest BCUT2D eigenvalue weighted by Gasteiger charge is -2.26. The Morgan fingerprint density at radius 2 is 1.81 bits per heavy atom. The summed E-state index contributed by atoms with van der Waals surface area (Å²) in [4.78, 5) is 11.2. The third-order valence-corrected chi connectivity index (χ3v) is 5.06. The Kier molecular flexibility index (Phi) is 5.74. The molecule has 2 aliphatic heterocycles. The molecule has 0 unspecified atom stereocenters. The smallest absolute Gasteiger partial charge is 0.225 e. The highest BCUT2D eigenvalue weighted by Crippen LogP contribution is 2.33. The highest BCUT2D eigenvalue weighted by molar-refractivity contribution is 5.30. The molecule has 1 aromatic carbocycles. The Balaban J connectivity index is 1.27. The molecule has 2 aromatic rings. The summed E-state index contributed by atoms with van der Waals surface area (Å²) in [5, 5.41) is 3.55. The minimum atomic E-state index is 0.198. The summed E-state index contributed by atoms with van der Waals surface area (Å²) in [6.07, 6.45) is 5.14. The lowest BCUT2D eigenvalue weighted by Crippen LogP contribution is -2.37. The molecule has 0 bridgehead atoms. The van der Waals surface area contributed by atoms with Crippen LogP contribution in [0.5, 0.6) is 0 Å². The molecule has 1 N–H and O–H groups in total. The molecule has 26 heavy (non-hydrogen) atoms. The van der Waals surface area contributed by atoms with E-state index in [0.29, 0.717) is 5.92 Å². The van der Waals surface area contributed by atoms with Crippen molar-refractivity contribution in [1.29, 1.82) is 0 Å². The monoisotopic (exact) mass is 354 g/mol. The van der Waals surface area contributed by atoms with Crippen LogP contribution in [0.15, 0.2) is 42.7 Å². The molecule has 138 valence electrons. The van der Waals surface area contributed by atoms with E-state index in [1.165, 1.54) is 5.56 Å². The number of hydrogen-bond donors (Lipinski definition) is 1. The zero-order valence-electron chi connectivity index (χ0n) is 15.0. The van der Waals surface area contributed by atoms with E-state index in [9.17, 15) is 0 Å². The van der Waals surface area contributed by atoms with Crippen molar-refractivity contribution in [3.63, 3.8) is 0 Å². The maximum Gasteiger partial charge on any atom is 0.225 e. The van der Waals surface area contributed by atoms with Gasteiger partial charge in [0.05, 0.1) is 19.3 Å². The van der Waals surface area contributed by atoms with Gasteiger partial charge in [-0.05, 0) is 12.0 Å². The Morgan fingerprint density at radius 3 is 2.58 bits per heavy atom. The summed E-state index contributed by atoms with van der Waals surface area (Å²) in [5.74, 6) is 1.30. The molecular weight excluding hydrogens is 328 g/mol. The number of ether oxygens (including phenoxy) is 2. The summed E-state index contributed by atoms with van der Waals surface area (Å²) in [6.45, 7) is 5.77. The van der Waals surface area contributed by atoms with Gasteiger partial charge in [-0.3, -0.25) is 0 Å². The van der Waals surface area contributed by atoms with Gasteiger partial charge in [-0.2, -0.15) is 0 Å². The Hall–Kier alpha value is -2.02. The third kappa shape index (κ3) is 4.20. The summed E-state index contributed by atoms with van der Waals surface area (Å²) in [7, 11) is 0. The minimum Gasteiger partial charge on any atom is -0.378 e. The van der Waals surface area contributed by atoms with Crippen molar-refractivity contribution in [2.24, 2.45) is 5.92 Å². The molecule has 6 heteroatoms. The lowest BCUT2D eigenvalue weighted by molar-refractivity contribution is 0.0904. The lowest BCUT2D eigenvalue weighted by atomic mass is 9.95. The molecule has 2 fully saturated rings. The summed E-state index contributed by atoms with van der Waals surface area (Å²) in [6, 6.07) is 10.5. The zero-order valence-corrected chi connectivity index (χ0v) is 15.0. The molecule has 2 saturated heterocycles. The van der Waals surface area contributed by atoms with E-state index in [2.05, 4.69) is 44.5 Å². The third-order valence-electron chi connectivity index (χ3n) is 5.06. The normalized spacial score (nSPS) is 23.3. The minimum absolute atomic E-state index is 0.198. The first-order chi connectivity index (χ1) is 12.9. The van der Waals surface area contributed by atoms with Gasteiger partial charge in [-0.15, -0.1) is 0 Å². The van der Waals surface area contributed by atoms with E-state index in [0.717, 1.165) is 63.9 Å². The molecule has 6 nitrogen and oxygen atoms in total. The van der Waals surface area contributed by atoms with Crippen LogP contribution in [0.25, 0.3) is 0 Å². The van der Waals surface area contributed by atoms with Crippen LogP contribution in [0, 0.1) is 5.92 Å². The fourth-order valence-electron chi connectivity index (χ4n) is 3.62. The van der Waals surface area contributed by atoms with Crippen molar-refractivity contribution in [1.82, 2.24) is 15.3 Å². The summed E-state index contributed by atoms with van der Waals surface area (Å²) >= 11 is 0. The van der Waals surface area contributed by atoms with Gasteiger partial charge in [0.2, 0.25) is 5.95 Å². The van der Waals surface area contributed by atoms with Gasteiger partial charge in [-0.25, -0.2) is 9.97 Å². The Morgan fingerprint density at radius 1 is 1.04 bits per heavy atom. The van der Waals surface area contributed by atoms with E-state index >= 15 is 0 Å². The van der Waals surface area contributed by atoms with Crippen LogP contribution in [0.4, 0.5) is 5.95 Å². The number of hydrogen-bond acceptors (Lipinski definition) is 6. The average molecular weight is 354 g/mol. The first kappa shape index (κ1) is 17.4. The van der Waals surface area contributed by atoms with Crippen LogP contribution in [-0.4, -0.2) is 49.4 Å². The van der Waals surface area contributed by atoms with E-state index < -0.39 is 0 Å². The van der Waals surface area contributed by atoms with Gasteiger partial charge in [0.1, 0.15) is 0 Å². The molecule has 4 rings (SSSR count). The van der Waals surface area contributed by atoms with Crippen LogP contribution in [0.3, 0.4) is 0 Å². The van der Waals surface area contributed by atoms with Crippen LogP contribution < -0.4 is 10.2 Å². The first-order valence-electron chi connectivity index (χ1n) is 9.41. The number of morpholine rings is 1. The van der Waals surface area contributed by atoms with Crippen LogP contribution in [0.1, 0.15) is 23.7 Å². The summed E-state index contributed by atoms with van der Waals surface area (Å²) < 4.78 is 11.3. The van der Waals surface area contributed by atoms with Crippen molar-refractivity contribution in [2.75, 3.05) is 44.4 Å². The number of rotatable bonds is 6. The first-order valence-corrected chi connectivity index (χ1v) is 9.41. The second kappa shape index (κ2) is 8.58. The molecule has 1 aromatic heterocycles. The van der Waals surface area contributed by atoms with Crippen molar-refractivity contribution in [3.05, 3.63) is 53.9 Å². The standard InChI is InChI=1S/C20H26N4O2/c1-2-4-17(5-3-1)19-18(6-9-26-19)15-21-12-16-13-22-20(23-14-16)24-7-10-25-11-8-24/h1-5,13-14,18-19,21H,6-12,15H2/t18-,19-/m1/s1. The van der Waals surface area contributed by atoms with E-state index in [4.69, 9.17) is 9.47 Å². The van der Waals surface area contributed by atoms with Crippen molar-refractivity contribution < 1.29 is 9.47 Å². The highest BCUT2D eigenvalue weighted by Gasteiger charge is 2.29. The van der Waals surface area contributed by atoms with E-state index in [1.807, 2.05) is 18.5 Å². The number of nitrogens with zero attached hydrogens (tertiary/aromatic N) is 3. The van der Waals surface area contributed by atoms with Gasteiger partial charge in [-0.1, -0.05) is 30.3 Å². The Labute approximate surface area is 154 Å². The highest BCUT2D eigenvalue weighted by atomic mass is 16.5. The molecule has 2 aliphatic rings. The number of aromatic nitrogens is 2. The molecule has 2 atom stereocenters. The molecule has 0 saturated carbocycles. The van der Waals surface area contributed by atoms with Crippen LogP contribution in [-0.2, 0) is 16.0 Å². The number of nitrogens with one attached hydrogen (secondary N) is 1. The summed E-state index contributed by atoms with van der Waals surface area (Å²) in [5.41, 5.74) is 2.38. The van der Waals surface area contributed by atoms with Crippen LogP contribution in [0.2, 0.25) is 0 Å². The predicted molar refractivity (Wildman–Crippen MR) is 100 cm³/mol. The second-order valence-corrected chi connectivity index (χ2v) is 6.87. The van der Waals surface area contributed by atoms with Crippen LogP contribution >= 0.6 is 0 Å². The van der Waals surface area contributed by atoms with Gasteiger partial charge >= 0.3 is 0 Å². The Bertz CT molecular complexity index is 674. The van der Waals surface area contributed by atoms with Crippen molar-refractivity contribution in [3.8, 4) is 0 Å². The zero-order chi connectivity index (χ0) is 17.6. The SMILES string of the molecule is c1ccc([C@H]2OCC[C@@H]2CNCc2cnc(N3CCOCC3)nc2)cc1.